The topological polar surface area (TPSA) is 86.9 Å². The second kappa shape index (κ2) is 7.85. The molecule has 0 radical (unpaired) electrons. The minimum atomic E-state index is -0.182. The molecule has 0 aromatic heterocycles. The number of carbonyl (C=O) groups excluding carboxylic acids is 2. The molecule has 2 atom stereocenters. The third-order valence-electron chi connectivity index (χ3n) is 4.84. The molecule has 3 rings (SSSR count). The quantitative estimate of drug-likeness (QED) is 0.837. The molecular formula is C17H24ClN3O3. The van der Waals surface area contributed by atoms with E-state index in [1.807, 2.05) is 4.90 Å². The standard InChI is InChI=1S/C17H23N3O3.ClH/c18-13-6-5-12(11-13)16(22)19-7-9-20(10-8-19)17(23)14-3-1-2-4-15(14)21;/h1-4,12-13,21H,5-11,18H2;1H. The number of hydrogen-bond donors (Lipinski definition) is 2. The lowest BCUT2D eigenvalue weighted by molar-refractivity contribution is -0.136. The first-order valence-electron chi connectivity index (χ1n) is 8.18. The fourth-order valence-corrected chi connectivity index (χ4v) is 3.45. The predicted octanol–water partition coefficient (Wildman–Crippen LogP) is 1.23. The van der Waals surface area contributed by atoms with Crippen LogP contribution in [0.2, 0.25) is 0 Å². The van der Waals surface area contributed by atoms with Crippen LogP contribution >= 0.6 is 12.4 Å². The molecule has 0 spiro atoms. The maximum Gasteiger partial charge on any atom is 0.257 e. The zero-order chi connectivity index (χ0) is 16.4. The van der Waals surface area contributed by atoms with Crippen molar-refractivity contribution in [3.8, 4) is 5.75 Å². The molecule has 1 saturated heterocycles. The number of phenols is 1. The van der Waals surface area contributed by atoms with Gasteiger partial charge in [0, 0.05) is 38.1 Å². The Morgan fingerprint density at radius 1 is 1.04 bits per heavy atom. The highest BCUT2D eigenvalue weighted by Crippen LogP contribution is 2.26. The van der Waals surface area contributed by atoms with E-state index in [0.29, 0.717) is 31.7 Å². The molecule has 6 nitrogen and oxygen atoms in total. The van der Waals surface area contributed by atoms with E-state index in [-0.39, 0.29) is 41.9 Å². The number of rotatable bonds is 2. The summed E-state index contributed by atoms with van der Waals surface area (Å²) in [6.07, 6.45) is 2.56. The molecule has 2 fully saturated rings. The number of nitrogens with two attached hydrogens (primary N) is 1. The molecule has 132 valence electrons. The van der Waals surface area contributed by atoms with Gasteiger partial charge in [0.1, 0.15) is 5.75 Å². The van der Waals surface area contributed by atoms with E-state index in [2.05, 4.69) is 0 Å². The SMILES string of the molecule is Cl.NC1CCC(C(=O)N2CCN(C(=O)c3ccccc3O)CC2)C1. The molecular weight excluding hydrogens is 330 g/mol. The lowest BCUT2D eigenvalue weighted by Gasteiger charge is -2.36. The third kappa shape index (κ3) is 3.82. The molecule has 2 unspecified atom stereocenters. The Labute approximate surface area is 148 Å². The highest BCUT2D eigenvalue weighted by atomic mass is 35.5. The summed E-state index contributed by atoms with van der Waals surface area (Å²) in [5, 5.41) is 9.80. The zero-order valence-electron chi connectivity index (χ0n) is 13.6. The highest BCUT2D eigenvalue weighted by molar-refractivity contribution is 5.97. The van der Waals surface area contributed by atoms with Gasteiger partial charge in [-0.25, -0.2) is 0 Å². The number of amides is 2. The number of carbonyl (C=O) groups is 2. The normalized spacial score (nSPS) is 23.7. The minimum Gasteiger partial charge on any atom is -0.507 e. The molecule has 1 saturated carbocycles. The Balaban J connectivity index is 0.00000208. The van der Waals surface area contributed by atoms with Crippen LogP contribution in [0.15, 0.2) is 24.3 Å². The lowest BCUT2D eigenvalue weighted by Crippen LogP contribution is -2.51. The maximum absolute atomic E-state index is 12.5. The van der Waals surface area contributed by atoms with Gasteiger partial charge in [-0.2, -0.15) is 0 Å². The number of para-hydroxylation sites is 1. The fraction of sp³-hybridized carbons (Fsp3) is 0.529. The first kappa shape index (κ1) is 18.5. The van der Waals surface area contributed by atoms with Crippen molar-refractivity contribution in [3.63, 3.8) is 0 Å². The van der Waals surface area contributed by atoms with E-state index >= 15 is 0 Å². The van der Waals surface area contributed by atoms with Crippen LogP contribution in [0.25, 0.3) is 0 Å². The van der Waals surface area contributed by atoms with Gasteiger partial charge in [-0.3, -0.25) is 9.59 Å². The van der Waals surface area contributed by atoms with E-state index in [1.54, 1.807) is 23.1 Å². The summed E-state index contributed by atoms with van der Waals surface area (Å²) in [5.74, 6) is 0.0343. The molecule has 1 heterocycles. The Morgan fingerprint density at radius 3 is 2.25 bits per heavy atom. The summed E-state index contributed by atoms with van der Waals surface area (Å²) >= 11 is 0. The van der Waals surface area contributed by atoms with Crippen molar-refractivity contribution in [2.75, 3.05) is 26.2 Å². The van der Waals surface area contributed by atoms with Gasteiger partial charge in [0.05, 0.1) is 5.56 Å². The fourth-order valence-electron chi connectivity index (χ4n) is 3.45. The van der Waals surface area contributed by atoms with Gasteiger partial charge < -0.3 is 20.6 Å². The summed E-state index contributed by atoms with van der Waals surface area (Å²) in [4.78, 5) is 28.5. The van der Waals surface area contributed by atoms with Gasteiger partial charge in [-0.15, -0.1) is 12.4 Å². The third-order valence-corrected chi connectivity index (χ3v) is 4.84. The van der Waals surface area contributed by atoms with Gasteiger partial charge >= 0.3 is 0 Å². The number of halogens is 1. The molecule has 0 bridgehead atoms. The van der Waals surface area contributed by atoms with Gasteiger partial charge in [-0.1, -0.05) is 12.1 Å². The second-order valence-corrected chi connectivity index (χ2v) is 6.40. The molecule has 2 amide bonds. The largest absolute Gasteiger partial charge is 0.507 e. The van der Waals surface area contributed by atoms with Gasteiger partial charge in [0.25, 0.3) is 5.91 Å². The predicted molar refractivity (Wildman–Crippen MR) is 93.2 cm³/mol. The van der Waals surface area contributed by atoms with Crippen molar-refractivity contribution >= 4 is 24.2 Å². The average molecular weight is 354 g/mol. The lowest BCUT2D eigenvalue weighted by atomic mass is 10.1. The number of piperazine rings is 1. The van der Waals surface area contributed by atoms with Crippen LogP contribution in [-0.2, 0) is 4.79 Å². The van der Waals surface area contributed by atoms with Crippen molar-refractivity contribution < 1.29 is 14.7 Å². The summed E-state index contributed by atoms with van der Waals surface area (Å²) in [7, 11) is 0. The van der Waals surface area contributed by atoms with Crippen LogP contribution in [0, 0.1) is 5.92 Å². The van der Waals surface area contributed by atoms with Crippen molar-refractivity contribution in [1.82, 2.24) is 9.80 Å². The summed E-state index contributed by atoms with van der Waals surface area (Å²) in [6.45, 7) is 2.09. The van der Waals surface area contributed by atoms with Crippen LogP contribution in [-0.4, -0.2) is 58.9 Å². The maximum atomic E-state index is 12.5. The second-order valence-electron chi connectivity index (χ2n) is 6.40. The highest BCUT2D eigenvalue weighted by Gasteiger charge is 2.33. The summed E-state index contributed by atoms with van der Waals surface area (Å²) in [6, 6.07) is 6.70. The number of aromatic hydroxyl groups is 1. The van der Waals surface area contributed by atoms with E-state index in [4.69, 9.17) is 5.73 Å². The van der Waals surface area contributed by atoms with E-state index < -0.39 is 0 Å². The Bertz CT molecular complexity index is 602. The van der Waals surface area contributed by atoms with E-state index in [0.717, 1.165) is 19.3 Å². The Morgan fingerprint density at radius 2 is 1.67 bits per heavy atom. The summed E-state index contributed by atoms with van der Waals surface area (Å²) < 4.78 is 0. The van der Waals surface area contributed by atoms with Crippen molar-refractivity contribution in [2.45, 2.75) is 25.3 Å². The van der Waals surface area contributed by atoms with Crippen LogP contribution in [0.5, 0.6) is 5.75 Å². The van der Waals surface area contributed by atoms with Crippen molar-refractivity contribution in [1.29, 1.82) is 0 Å². The van der Waals surface area contributed by atoms with E-state index in [9.17, 15) is 14.7 Å². The first-order chi connectivity index (χ1) is 11.1. The zero-order valence-corrected chi connectivity index (χ0v) is 14.4. The van der Waals surface area contributed by atoms with Gasteiger partial charge in [0.15, 0.2) is 0 Å². The molecule has 7 heteroatoms. The molecule has 2 aliphatic rings. The molecule has 1 aromatic rings. The molecule has 1 aromatic carbocycles. The van der Waals surface area contributed by atoms with Crippen LogP contribution in [0.1, 0.15) is 29.6 Å². The number of nitrogens with zero attached hydrogens (tertiary/aromatic N) is 2. The van der Waals surface area contributed by atoms with Crippen LogP contribution in [0.3, 0.4) is 0 Å². The molecule has 1 aliphatic carbocycles. The van der Waals surface area contributed by atoms with Gasteiger partial charge in [-0.05, 0) is 31.4 Å². The van der Waals surface area contributed by atoms with Gasteiger partial charge in [0.2, 0.25) is 5.91 Å². The Kier molecular flexibility index (Phi) is 6.07. The molecule has 1 aliphatic heterocycles. The smallest absolute Gasteiger partial charge is 0.257 e. The first-order valence-corrected chi connectivity index (χ1v) is 8.18. The van der Waals surface area contributed by atoms with E-state index in [1.165, 1.54) is 6.07 Å². The summed E-state index contributed by atoms with van der Waals surface area (Å²) in [5.41, 5.74) is 6.20. The molecule has 3 N–H and O–H groups in total. The van der Waals surface area contributed by atoms with Crippen LogP contribution < -0.4 is 5.73 Å². The van der Waals surface area contributed by atoms with Crippen molar-refractivity contribution in [2.24, 2.45) is 11.7 Å². The van der Waals surface area contributed by atoms with Crippen LogP contribution in [0.4, 0.5) is 0 Å². The van der Waals surface area contributed by atoms with Crippen molar-refractivity contribution in [3.05, 3.63) is 29.8 Å². The average Bonchev–Trinajstić information content (AvgIpc) is 3.01. The number of phenolic OH excluding ortho intramolecular Hbond substituents is 1. The minimum absolute atomic E-state index is 0. The molecule has 24 heavy (non-hydrogen) atoms. The monoisotopic (exact) mass is 353 g/mol. The number of benzene rings is 1. The number of hydrogen-bond acceptors (Lipinski definition) is 4. The Hall–Kier alpha value is -1.79.